The molecule has 200 valence electrons. The van der Waals surface area contributed by atoms with Gasteiger partial charge in [-0.25, -0.2) is 19.3 Å². The molecule has 1 aliphatic rings. The van der Waals surface area contributed by atoms with E-state index < -0.39 is 5.60 Å². The van der Waals surface area contributed by atoms with E-state index in [1.807, 2.05) is 6.07 Å². The summed E-state index contributed by atoms with van der Waals surface area (Å²) in [4.78, 5) is 27.0. The number of anilines is 2. The average molecular weight is 526 g/mol. The molecule has 2 N–H and O–H groups in total. The van der Waals surface area contributed by atoms with Crippen LogP contribution in [0.1, 0.15) is 38.4 Å². The summed E-state index contributed by atoms with van der Waals surface area (Å²) in [5, 5.41) is 15.3. The summed E-state index contributed by atoms with van der Waals surface area (Å²) in [6.45, 7) is 8.98. The van der Waals surface area contributed by atoms with Crippen LogP contribution in [0.3, 0.4) is 0 Å². The lowest BCUT2D eigenvalue weighted by Crippen LogP contribution is -2.23. The number of nitrogens with zero attached hydrogens (tertiary/aromatic N) is 6. The molecule has 0 amide bonds. The summed E-state index contributed by atoms with van der Waals surface area (Å²) in [5.41, 5.74) is 1.51. The lowest BCUT2D eigenvalue weighted by Gasteiger charge is -2.24. The third-order valence-electron chi connectivity index (χ3n) is 7.12. The van der Waals surface area contributed by atoms with Crippen molar-refractivity contribution >= 4 is 33.6 Å². The number of fused-ring (bicyclic) bond motifs is 2. The van der Waals surface area contributed by atoms with Crippen LogP contribution in [0.15, 0.2) is 72.3 Å². The molecule has 0 saturated carbocycles. The second-order valence-corrected chi connectivity index (χ2v) is 10.3. The van der Waals surface area contributed by atoms with E-state index in [9.17, 15) is 9.90 Å². The SMILES string of the molecule is C=CCn1c(=O)c2cnc(Nc3ccc4c(ccn4C4CCOCC4)c3)nc2n1-c1cccc(C(C)(C)O)n1. The number of hydrogen-bond acceptors (Lipinski definition) is 7. The Morgan fingerprint density at radius 2 is 2.00 bits per heavy atom. The van der Waals surface area contributed by atoms with Gasteiger partial charge in [-0.2, -0.15) is 4.98 Å². The molecule has 10 heteroatoms. The maximum atomic E-state index is 13.2. The number of rotatable bonds is 7. The predicted octanol–water partition coefficient (Wildman–Crippen LogP) is 4.44. The third-order valence-corrected chi connectivity index (χ3v) is 7.12. The topological polar surface area (TPSA) is 112 Å². The molecule has 0 spiro atoms. The van der Waals surface area contributed by atoms with E-state index in [0.29, 0.717) is 34.5 Å². The van der Waals surface area contributed by atoms with E-state index in [1.165, 1.54) is 16.4 Å². The first-order chi connectivity index (χ1) is 18.8. The second kappa shape index (κ2) is 9.79. The third kappa shape index (κ3) is 4.62. The first-order valence-electron chi connectivity index (χ1n) is 13.1. The molecule has 1 saturated heterocycles. The quantitative estimate of drug-likeness (QED) is 0.302. The number of nitrogens with one attached hydrogen (secondary N) is 1. The number of hydrogen-bond donors (Lipinski definition) is 2. The Kier molecular flexibility index (Phi) is 6.28. The van der Waals surface area contributed by atoms with Crippen molar-refractivity contribution in [2.45, 2.75) is 44.9 Å². The molecule has 5 heterocycles. The minimum absolute atomic E-state index is 0.247. The molecular formula is C29H31N7O3. The highest BCUT2D eigenvalue weighted by atomic mass is 16.5. The Morgan fingerprint density at radius 1 is 1.18 bits per heavy atom. The van der Waals surface area contributed by atoms with Crippen LogP contribution in [0.25, 0.3) is 27.8 Å². The minimum Gasteiger partial charge on any atom is -0.384 e. The van der Waals surface area contributed by atoms with Gasteiger partial charge < -0.3 is 19.7 Å². The van der Waals surface area contributed by atoms with Crippen LogP contribution in [-0.4, -0.2) is 47.2 Å². The molecule has 39 heavy (non-hydrogen) atoms. The van der Waals surface area contributed by atoms with Crippen LogP contribution in [0.5, 0.6) is 0 Å². The van der Waals surface area contributed by atoms with Crippen molar-refractivity contribution in [1.82, 2.24) is 28.9 Å². The maximum absolute atomic E-state index is 13.2. The summed E-state index contributed by atoms with van der Waals surface area (Å²) in [6, 6.07) is 14.1. The van der Waals surface area contributed by atoms with Crippen molar-refractivity contribution in [2.75, 3.05) is 18.5 Å². The number of pyridine rings is 1. The highest BCUT2D eigenvalue weighted by Crippen LogP contribution is 2.29. The van der Waals surface area contributed by atoms with Crippen LogP contribution >= 0.6 is 0 Å². The van der Waals surface area contributed by atoms with E-state index in [0.717, 1.165) is 37.1 Å². The number of aromatic nitrogens is 6. The molecule has 0 unspecified atom stereocenters. The zero-order valence-corrected chi connectivity index (χ0v) is 22.0. The molecule has 1 aliphatic heterocycles. The Balaban J connectivity index is 1.39. The summed E-state index contributed by atoms with van der Waals surface area (Å²) in [7, 11) is 0. The van der Waals surface area contributed by atoms with E-state index in [-0.39, 0.29) is 12.1 Å². The number of benzene rings is 1. The van der Waals surface area contributed by atoms with Gasteiger partial charge in [0.1, 0.15) is 11.0 Å². The molecular weight excluding hydrogens is 494 g/mol. The highest BCUT2D eigenvalue weighted by molar-refractivity contribution is 5.85. The smallest absolute Gasteiger partial charge is 0.278 e. The van der Waals surface area contributed by atoms with Crippen molar-refractivity contribution in [3.63, 3.8) is 0 Å². The van der Waals surface area contributed by atoms with Crippen LogP contribution in [-0.2, 0) is 16.9 Å². The molecule has 1 aromatic carbocycles. The van der Waals surface area contributed by atoms with Crippen LogP contribution in [0.4, 0.5) is 11.6 Å². The van der Waals surface area contributed by atoms with Gasteiger partial charge in [0.05, 0.1) is 12.2 Å². The van der Waals surface area contributed by atoms with E-state index in [4.69, 9.17) is 9.72 Å². The second-order valence-electron chi connectivity index (χ2n) is 10.3. The summed E-state index contributed by atoms with van der Waals surface area (Å²) in [6.07, 6.45) is 7.34. The average Bonchev–Trinajstić information content (AvgIpc) is 3.47. The number of ether oxygens (including phenoxy) is 1. The first-order valence-corrected chi connectivity index (χ1v) is 13.1. The van der Waals surface area contributed by atoms with Gasteiger partial charge in [-0.3, -0.25) is 4.79 Å². The molecule has 4 aromatic heterocycles. The van der Waals surface area contributed by atoms with E-state index in [1.54, 1.807) is 42.8 Å². The van der Waals surface area contributed by atoms with Crippen LogP contribution in [0.2, 0.25) is 0 Å². The minimum atomic E-state index is -1.15. The van der Waals surface area contributed by atoms with Crippen molar-refractivity contribution in [3.8, 4) is 5.82 Å². The first kappa shape index (κ1) is 25.0. The van der Waals surface area contributed by atoms with Crippen LogP contribution in [0, 0.1) is 0 Å². The largest absolute Gasteiger partial charge is 0.384 e. The number of allylic oxidation sites excluding steroid dienone is 1. The zero-order chi connectivity index (χ0) is 27.1. The zero-order valence-electron chi connectivity index (χ0n) is 22.0. The maximum Gasteiger partial charge on any atom is 0.278 e. The fourth-order valence-electron chi connectivity index (χ4n) is 5.14. The highest BCUT2D eigenvalue weighted by Gasteiger charge is 2.22. The monoisotopic (exact) mass is 525 g/mol. The van der Waals surface area contributed by atoms with Crippen molar-refractivity contribution in [1.29, 1.82) is 0 Å². The van der Waals surface area contributed by atoms with Gasteiger partial charge in [-0.1, -0.05) is 12.1 Å². The van der Waals surface area contributed by atoms with Crippen molar-refractivity contribution in [2.24, 2.45) is 0 Å². The Morgan fingerprint density at radius 3 is 2.77 bits per heavy atom. The van der Waals surface area contributed by atoms with Gasteiger partial charge in [0.25, 0.3) is 5.56 Å². The standard InChI is InChI=1S/C29H31N7O3/c1-4-13-35-27(37)22-18-30-28(33-26(22)36(35)25-7-5-6-24(32-25)29(2,3)38)31-20-8-9-23-19(17-20)10-14-34(23)21-11-15-39-16-12-21/h4-10,14,17-18,21,38H,1,11-13,15-16H2,2-3H3,(H,30,31,33). The van der Waals surface area contributed by atoms with Gasteiger partial charge in [0.15, 0.2) is 11.5 Å². The number of aliphatic hydroxyl groups is 1. The molecule has 0 aliphatic carbocycles. The molecule has 1 fully saturated rings. The van der Waals surface area contributed by atoms with E-state index in [2.05, 4.69) is 50.8 Å². The van der Waals surface area contributed by atoms with Gasteiger partial charge in [0, 0.05) is 48.2 Å². The fraction of sp³-hybridized carbons (Fsp3) is 0.310. The Bertz CT molecular complexity index is 1740. The lowest BCUT2D eigenvalue weighted by atomic mass is 10.1. The lowest BCUT2D eigenvalue weighted by molar-refractivity contribution is 0.0707. The molecule has 0 bridgehead atoms. The van der Waals surface area contributed by atoms with Crippen molar-refractivity contribution in [3.05, 3.63) is 83.6 Å². The van der Waals surface area contributed by atoms with Gasteiger partial charge in [-0.05, 0) is 63.1 Å². The van der Waals surface area contributed by atoms with Gasteiger partial charge >= 0.3 is 0 Å². The van der Waals surface area contributed by atoms with Gasteiger partial charge in [0.2, 0.25) is 5.95 Å². The molecule has 6 rings (SSSR count). The molecule has 0 radical (unpaired) electrons. The molecule has 5 aromatic rings. The predicted molar refractivity (Wildman–Crippen MR) is 151 cm³/mol. The summed E-state index contributed by atoms with van der Waals surface area (Å²) < 4.78 is 11.0. The van der Waals surface area contributed by atoms with Gasteiger partial charge in [-0.15, -0.1) is 6.58 Å². The molecule has 10 nitrogen and oxygen atoms in total. The summed E-state index contributed by atoms with van der Waals surface area (Å²) in [5.74, 6) is 0.818. The van der Waals surface area contributed by atoms with E-state index >= 15 is 0 Å². The Hall–Kier alpha value is -4.28. The Labute approximate surface area is 225 Å². The van der Waals surface area contributed by atoms with Crippen molar-refractivity contribution < 1.29 is 9.84 Å². The summed E-state index contributed by atoms with van der Waals surface area (Å²) >= 11 is 0. The van der Waals surface area contributed by atoms with Crippen LogP contribution < -0.4 is 10.9 Å². The molecule has 0 atom stereocenters. The normalized spacial score (nSPS) is 14.7. The fourth-order valence-corrected chi connectivity index (χ4v) is 5.14.